The summed E-state index contributed by atoms with van der Waals surface area (Å²) in [4.78, 5) is 53.5. The molecule has 0 fully saturated rings. The summed E-state index contributed by atoms with van der Waals surface area (Å²) >= 11 is 0. The van der Waals surface area contributed by atoms with Gasteiger partial charge in [0, 0.05) is 37.1 Å². The lowest BCUT2D eigenvalue weighted by atomic mass is 10.0. The Bertz CT molecular complexity index is 1940. The SMILES string of the molecule is C/C(=N\N=C(N)N)c1ccc(C(=O)N[C@@H](Cc2ccccc2)C(=O)NCCNC(=O)[C@H](Cc2ccccc2)NC(=O)c2ccc(/C(C)=N/N=C(N)N)cc2)cc1.Cl.Cl. The van der Waals surface area contributed by atoms with Crippen molar-refractivity contribution < 1.29 is 19.2 Å². The summed E-state index contributed by atoms with van der Waals surface area (Å²) in [7, 11) is 0. The van der Waals surface area contributed by atoms with E-state index in [4.69, 9.17) is 22.9 Å². The van der Waals surface area contributed by atoms with E-state index in [9.17, 15) is 19.2 Å². The van der Waals surface area contributed by atoms with Crippen LogP contribution in [0, 0.1) is 0 Å². The molecule has 0 aliphatic rings. The quantitative estimate of drug-likeness (QED) is 0.0337. The number of carbonyl (C=O) groups is 4. The molecular weight excluding hydrogens is 783 g/mol. The van der Waals surface area contributed by atoms with Crippen molar-refractivity contribution in [3.05, 3.63) is 143 Å². The van der Waals surface area contributed by atoms with Crippen LogP contribution in [0.25, 0.3) is 0 Å². The average molecular weight is 832 g/mol. The van der Waals surface area contributed by atoms with E-state index in [0.717, 1.165) is 11.1 Å². The lowest BCUT2D eigenvalue weighted by molar-refractivity contribution is -0.124. The highest BCUT2D eigenvalue weighted by atomic mass is 35.5. The summed E-state index contributed by atoms with van der Waals surface area (Å²) in [6.07, 6.45) is 0.448. The van der Waals surface area contributed by atoms with Gasteiger partial charge in [-0.05, 0) is 60.4 Å². The summed E-state index contributed by atoms with van der Waals surface area (Å²) in [6, 6.07) is 29.9. The molecule has 4 rings (SSSR count). The first-order valence-electron chi connectivity index (χ1n) is 17.6. The van der Waals surface area contributed by atoms with Crippen LogP contribution in [0.3, 0.4) is 0 Å². The van der Waals surface area contributed by atoms with Gasteiger partial charge in [0.2, 0.25) is 23.7 Å². The fraction of sp³-hybridized carbons (Fsp3) is 0.200. The molecule has 306 valence electrons. The third kappa shape index (κ3) is 15.4. The maximum atomic E-state index is 13.5. The minimum atomic E-state index is -0.927. The van der Waals surface area contributed by atoms with Gasteiger partial charge >= 0.3 is 0 Å². The second-order valence-corrected chi connectivity index (χ2v) is 12.6. The number of amides is 4. The van der Waals surface area contributed by atoms with Crippen LogP contribution in [0.1, 0.15) is 56.8 Å². The van der Waals surface area contributed by atoms with E-state index < -0.39 is 35.7 Å². The molecule has 0 saturated carbocycles. The highest BCUT2D eigenvalue weighted by molar-refractivity contribution is 6.02. The summed E-state index contributed by atoms with van der Waals surface area (Å²) in [5.41, 5.74) is 26.2. The molecule has 16 nitrogen and oxygen atoms in total. The number of halogens is 2. The minimum Gasteiger partial charge on any atom is -0.369 e. The Morgan fingerprint density at radius 1 is 0.483 bits per heavy atom. The zero-order valence-electron chi connectivity index (χ0n) is 31.9. The third-order valence-electron chi connectivity index (χ3n) is 8.29. The number of benzene rings is 4. The van der Waals surface area contributed by atoms with Crippen LogP contribution in [0.15, 0.2) is 130 Å². The maximum absolute atomic E-state index is 13.5. The van der Waals surface area contributed by atoms with Crippen molar-refractivity contribution in [2.45, 2.75) is 38.8 Å². The molecule has 0 aromatic heterocycles. The van der Waals surface area contributed by atoms with Gasteiger partial charge < -0.3 is 44.2 Å². The van der Waals surface area contributed by atoms with Gasteiger partial charge in [0.15, 0.2) is 0 Å². The molecule has 2 atom stereocenters. The molecule has 18 heteroatoms. The van der Waals surface area contributed by atoms with Crippen LogP contribution < -0.4 is 44.2 Å². The van der Waals surface area contributed by atoms with Crippen LogP contribution in [-0.4, -0.2) is 72.1 Å². The number of hydrogen-bond acceptors (Lipinski definition) is 8. The number of rotatable bonds is 17. The number of nitrogens with one attached hydrogen (secondary N) is 4. The molecule has 4 aromatic rings. The van der Waals surface area contributed by atoms with Gasteiger partial charge in [0.1, 0.15) is 12.1 Å². The number of carbonyl (C=O) groups excluding carboxylic acids is 4. The van der Waals surface area contributed by atoms with E-state index >= 15 is 0 Å². The Labute approximate surface area is 348 Å². The van der Waals surface area contributed by atoms with Gasteiger partial charge in [-0.15, -0.1) is 35.0 Å². The molecule has 0 spiro atoms. The Kier molecular flexibility index (Phi) is 19.6. The normalized spacial score (nSPS) is 11.9. The van der Waals surface area contributed by atoms with Gasteiger partial charge in [-0.1, -0.05) is 84.9 Å². The monoisotopic (exact) mass is 830 g/mol. The predicted octanol–water partition coefficient (Wildman–Crippen LogP) is 2.14. The molecular formula is C40H48Cl2N12O4. The van der Waals surface area contributed by atoms with Gasteiger partial charge in [-0.2, -0.15) is 10.2 Å². The number of guanidine groups is 2. The summed E-state index contributed by atoms with van der Waals surface area (Å²) in [6.45, 7) is 3.56. The van der Waals surface area contributed by atoms with Gasteiger partial charge in [-0.3, -0.25) is 19.2 Å². The first-order chi connectivity index (χ1) is 26.9. The summed E-state index contributed by atoms with van der Waals surface area (Å²) in [5, 5.41) is 26.5. The number of hydrogen-bond donors (Lipinski definition) is 8. The van der Waals surface area contributed by atoms with Crippen LogP contribution in [0.4, 0.5) is 0 Å². The molecule has 4 amide bonds. The van der Waals surface area contributed by atoms with Crippen molar-refractivity contribution in [2.24, 2.45) is 43.3 Å². The molecule has 0 radical (unpaired) electrons. The lowest BCUT2D eigenvalue weighted by Gasteiger charge is -2.20. The highest BCUT2D eigenvalue weighted by Crippen LogP contribution is 2.11. The third-order valence-corrected chi connectivity index (χ3v) is 8.29. The molecule has 0 heterocycles. The van der Waals surface area contributed by atoms with E-state index in [1.54, 1.807) is 62.4 Å². The van der Waals surface area contributed by atoms with E-state index in [1.165, 1.54) is 0 Å². The minimum absolute atomic E-state index is 0. The Hall–Kier alpha value is -6.78. The van der Waals surface area contributed by atoms with Crippen LogP contribution in [-0.2, 0) is 22.4 Å². The molecule has 0 aliphatic carbocycles. The Morgan fingerprint density at radius 2 is 0.793 bits per heavy atom. The molecule has 0 unspecified atom stereocenters. The van der Waals surface area contributed by atoms with Crippen molar-refractivity contribution in [3.8, 4) is 0 Å². The smallest absolute Gasteiger partial charge is 0.251 e. The van der Waals surface area contributed by atoms with Crippen molar-refractivity contribution in [1.29, 1.82) is 0 Å². The molecule has 0 saturated heterocycles. The fourth-order valence-electron chi connectivity index (χ4n) is 5.33. The Morgan fingerprint density at radius 3 is 1.10 bits per heavy atom. The van der Waals surface area contributed by atoms with Crippen molar-refractivity contribution in [3.63, 3.8) is 0 Å². The average Bonchev–Trinajstić information content (AvgIpc) is 3.20. The maximum Gasteiger partial charge on any atom is 0.251 e. The predicted molar refractivity (Wildman–Crippen MR) is 232 cm³/mol. The molecule has 12 N–H and O–H groups in total. The van der Waals surface area contributed by atoms with Crippen molar-refractivity contribution >= 4 is 71.8 Å². The van der Waals surface area contributed by atoms with E-state index in [-0.39, 0.29) is 62.7 Å². The standard InChI is InChI=1S/C40H46N12O4.2ClH/c1-25(49-51-39(41)42)29-13-17-31(18-14-29)35(53)47-33(23-27-9-5-3-6-10-27)37(55)45-21-22-46-38(56)34(24-28-11-7-4-8-12-28)48-36(54)32-19-15-30(16-20-32)26(2)50-52-40(43)44;;/h3-20,33-34H,21-24H2,1-2H3,(H,45,55)(H,46,56)(H,47,53)(H,48,54)(H4,41,42,51)(H4,43,44,52);2*1H/b49-25+,50-26+;;/t33-,34-;;/m0../s1. The van der Waals surface area contributed by atoms with Crippen molar-refractivity contribution in [1.82, 2.24) is 21.3 Å². The van der Waals surface area contributed by atoms with E-state index in [1.807, 2.05) is 60.7 Å². The van der Waals surface area contributed by atoms with Gasteiger partial charge in [-0.25, -0.2) is 0 Å². The van der Waals surface area contributed by atoms with E-state index in [0.29, 0.717) is 33.7 Å². The summed E-state index contributed by atoms with van der Waals surface area (Å²) < 4.78 is 0. The summed E-state index contributed by atoms with van der Waals surface area (Å²) in [5.74, 6) is -2.14. The van der Waals surface area contributed by atoms with Crippen LogP contribution in [0.5, 0.6) is 0 Å². The zero-order chi connectivity index (χ0) is 40.5. The number of nitrogens with two attached hydrogens (primary N) is 4. The molecule has 58 heavy (non-hydrogen) atoms. The Balaban J connectivity index is 0.00000580. The number of nitrogens with zero attached hydrogens (tertiary/aromatic N) is 4. The van der Waals surface area contributed by atoms with Gasteiger partial charge in [0.25, 0.3) is 11.8 Å². The zero-order valence-corrected chi connectivity index (χ0v) is 33.6. The van der Waals surface area contributed by atoms with Crippen LogP contribution >= 0.6 is 24.8 Å². The van der Waals surface area contributed by atoms with Crippen molar-refractivity contribution in [2.75, 3.05) is 13.1 Å². The molecule has 0 bridgehead atoms. The molecule has 4 aromatic carbocycles. The fourth-order valence-corrected chi connectivity index (χ4v) is 5.33. The lowest BCUT2D eigenvalue weighted by Crippen LogP contribution is -2.51. The molecule has 0 aliphatic heterocycles. The first-order valence-corrected chi connectivity index (χ1v) is 17.6. The first kappa shape index (κ1) is 47.4. The second kappa shape index (κ2) is 24.0. The topological polar surface area (TPSA) is 270 Å². The van der Waals surface area contributed by atoms with Crippen LogP contribution in [0.2, 0.25) is 0 Å². The van der Waals surface area contributed by atoms with Gasteiger partial charge in [0.05, 0.1) is 11.4 Å². The largest absolute Gasteiger partial charge is 0.369 e. The second-order valence-electron chi connectivity index (χ2n) is 12.6. The van der Waals surface area contributed by atoms with E-state index in [2.05, 4.69) is 41.7 Å². The highest BCUT2D eigenvalue weighted by Gasteiger charge is 2.24.